The van der Waals surface area contributed by atoms with Crippen molar-refractivity contribution in [3.63, 3.8) is 0 Å². The highest BCUT2D eigenvalue weighted by Gasteiger charge is 2.26. The summed E-state index contributed by atoms with van der Waals surface area (Å²) in [4.78, 5) is 27.1. The molecule has 1 saturated heterocycles. The Morgan fingerprint density at radius 2 is 2.03 bits per heavy atom. The van der Waals surface area contributed by atoms with Gasteiger partial charge in [0.05, 0.1) is 10.9 Å². The van der Waals surface area contributed by atoms with Crippen LogP contribution in [0.15, 0.2) is 55.1 Å². The van der Waals surface area contributed by atoms with Gasteiger partial charge < -0.3 is 15.3 Å². The smallest absolute Gasteiger partial charge is 0.335 e. The molecule has 1 aliphatic rings. The van der Waals surface area contributed by atoms with E-state index in [4.69, 9.17) is 0 Å². The first-order chi connectivity index (χ1) is 15.5. The number of fused-ring (bicyclic) bond motifs is 1. The molecule has 4 heterocycles. The number of carboxylic acids is 1. The van der Waals surface area contributed by atoms with E-state index in [0.717, 1.165) is 25.5 Å². The van der Waals surface area contributed by atoms with Crippen molar-refractivity contribution in [3.05, 3.63) is 66.5 Å². The average Bonchev–Trinajstić information content (AvgIpc) is 3.20. The maximum absolute atomic E-state index is 14.9. The molecule has 9 heteroatoms. The normalized spacial score (nSPS) is 16.4. The van der Waals surface area contributed by atoms with Crippen LogP contribution >= 0.6 is 0 Å². The fourth-order valence-corrected chi connectivity index (χ4v) is 4.16. The number of piperazine rings is 1. The Labute approximate surface area is 183 Å². The van der Waals surface area contributed by atoms with Crippen molar-refractivity contribution in [1.82, 2.24) is 24.8 Å². The van der Waals surface area contributed by atoms with Crippen molar-refractivity contribution >= 4 is 22.8 Å². The minimum absolute atomic E-state index is 0.106. The Morgan fingerprint density at radius 3 is 2.81 bits per heavy atom. The zero-order valence-electron chi connectivity index (χ0n) is 17.4. The van der Waals surface area contributed by atoms with Gasteiger partial charge in [-0.15, -0.1) is 0 Å². The molecule has 0 bridgehead atoms. The molecular formula is C23H21FN6O2. The number of rotatable bonds is 4. The fourth-order valence-electron chi connectivity index (χ4n) is 4.16. The van der Waals surface area contributed by atoms with Gasteiger partial charge in [0.1, 0.15) is 23.8 Å². The summed E-state index contributed by atoms with van der Waals surface area (Å²) < 4.78 is 16.6. The highest BCUT2D eigenvalue weighted by Crippen LogP contribution is 2.38. The largest absolute Gasteiger partial charge is 0.478 e. The lowest BCUT2D eigenvalue weighted by Gasteiger charge is -2.35. The first-order valence-corrected chi connectivity index (χ1v) is 10.3. The lowest BCUT2D eigenvalue weighted by atomic mass is 10.0. The molecule has 1 unspecified atom stereocenters. The van der Waals surface area contributed by atoms with E-state index in [2.05, 4.69) is 32.1 Å². The summed E-state index contributed by atoms with van der Waals surface area (Å²) in [6.07, 6.45) is 4.67. The molecule has 1 aromatic carbocycles. The van der Waals surface area contributed by atoms with Crippen molar-refractivity contribution in [2.45, 2.75) is 13.0 Å². The molecule has 5 rings (SSSR count). The number of benzene rings is 1. The molecule has 162 valence electrons. The molecule has 0 amide bonds. The molecule has 0 saturated carbocycles. The summed E-state index contributed by atoms with van der Waals surface area (Å²) in [5.41, 5.74) is 1.69. The monoisotopic (exact) mass is 432 g/mol. The highest BCUT2D eigenvalue weighted by molar-refractivity contribution is 6.02. The molecule has 32 heavy (non-hydrogen) atoms. The van der Waals surface area contributed by atoms with Gasteiger partial charge in [0.15, 0.2) is 5.65 Å². The number of anilines is 1. The van der Waals surface area contributed by atoms with Crippen molar-refractivity contribution in [2.24, 2.45) is 0 Å². The van der Waals surface area contributed by atoms with Gasteiger partial charge in [0.2, 0.25) is 0 Å². The molecule has 3 aromatic heterocycles. The quantitative estimate of drug-likeness (QED) is 0.512. The Kier molecular flexibility index (Phi) is 5.02. The van der Waals surface area contributed by atoms with Crippen LogP contribution in [0.25, 0.3) is 28.0 Å². The second kappa shape index (κ2) is 8.01. The standard InChI is InChI=1S/C23H21FN6O2/c1-14-11-25-8-9-29(14)21-20-17(16-4-2-3-5-18(16)24)12-30(22(20)28-13-27-21)19-10-15(23(31)32)6-7-26-19/h2-7,10,12-14,25H,8-9,11H2,1H3,(H,31,32). The number of carboxylic acid groups (broad SMARTS) is 1. The summed E-state index contributed by atoms with van der Waals surface area (Å²) in [6.45, 7) is 4.48. The summed E-state index contributed by atoms with van der Waals surface area (Å²) in [5.74, 6) is -0.308. The number of aromatic nitrogens is 4. The molecule has 2 N–H and O–H groups in total. The van der Waals surface area contributed by atoms with E-state index in [1.807, 2.05) is 0 Å². The predicted octanol–water partition coefficient (Wildman–Crippen LogP) is 3.12. The SMILES string of the molecule is CC1CNCCN1c1ncnc2c1c(-c1ccccc1F)cn2-c1cc(C(=O)O)ccn1. The van der Waals surface area contributed by atoms with Gasteiger partial charge in [0, 0.05) is 49.2 Å². The van der Waals surface area contributed by atoms with Crippen LogP contribution in [-0.2, 0) is 0 Å². The lowest BCUT2D eigenvalue weighted by Crippen LogP contribution is -2.50. The predicted molar refractivity (Wildman–Crippen MR) is 119 cm³/mol. The topological polar surface area (TPSA) is 96.2 Å². The van der Waals surface area contributed by atoms with Gasteiger partial charge in [-0.3, -0.25) is 4.57 Å². The molecule has 0 spiro atoms. The molecule has 1 aliphatic heterocycles. The summed E-state index contributed by atoms with van der Waals surface area (Å²) in [7, 11) is 0. The first kappa shape index (κ1) is 20.1. The minimum Gasteiger partial charge on any atom is -0.478 e. The molecule has 1 fully saturated rings. The zero-order chi connectivity index (χ0) is 22.2. The number of hydrogen-bond donors (Lipinski definition) is 2. The molecule has 1 atom stereocenters. The summed E-state index contributed by atoms with van der Waals surface area (Å²) in [5, 5.41) is 13.5. The van der Waals surface area contributed by atoms with Crippen LogP contribution in [0.4, 0.5) is 10.2 Å². The van der Waals surface area contributed by atoms with Gasteiger partial charge in [-0.25, -0.2) is 24.1 Å². The Morgan fingerprint density at radius 1 is 1.19 bits per heavy atom. The van der Waals surface area contributed by atoms with Crippen LogP contribution < -0.4 is 10.2 Å². The molecule has 4 aromatic rings. The third-order valence-electron chi connectivity index (χ3n) is 5.74. The lowest BCUT2D eigenvalue weighted by molar-refractivity contribution is 0.0696. The van der Waals surface area contributed by atoms with Gasteiger partial charge in [-0.1, -0.05) is 18.2 Å². The van der Waals surface area contributed by atoms with Gasteiger partial charge in [-0.2, -0.15) is 0 Å². The number of pyridine rings is 1. The van der Waals surface area contributed by atoms with Gasteiger partial charge in [-0.05, 0) is 25.1 Å². The maximum Gasteiger partial charge on any atom is 0.335 e. The maximum atomic E-state index is 14.9. The Balaban J connectivity index is 1.80. The number of hydrogen-bond acceptors (Lipinski definition) is 6. The van der Waals surface area contributed by atoms with E-state index in [-0.39, 0.29) is 17.4 Å². The van der Waals surface area contributed by atoms with Crippen LogP contribution in [0.5, 0.6) is 0 Å². The van der Waals surface area contributed by atoms with E-state index in [1.165, 1.54) is 30.7 Å². The molecular weight excluding hydrogens is 411 g/mol. The number of carbonyl (C=O) groups is 1. The van der Waals surface area contributed by atoms with Crippen molar-refractivity contribution in [2.75, 3.05) is 24.5 Å². The van der Waals surface area contributed by atoms with Crippen LogP contribution in [0, 0.1) is 5.82 Å². The van der Waals surface area contributed by atoms with Crippen LogP contribution in [0.1, 0.15) is 17.3 Å². The fraction of sp³-hybridized carbons (Fsp3) is 0.217. The van der Waals surface area contributed by atoms with E-state index < -0.39 is 5.97 Å². The van der Waals surface area contributed by atoms with E-state index in [9.17, 15) is 14.3 Å². The van der Waals surface area contributed by atoms with Crippen LogP contribution in [0.3, 0.4) is 0 Å². The summed E-state index contributed by atoms with van der Waals surface area (Å²) in [6, 6.07) is 9.65. The second-order valence-electron chi connectivity index (χ2n) is 7.74. The minimum atomic E-state index is -1.05. The van der Waals surface area contributed by atoms with Crippen LogP contribution in [-0.4, -0.2) is 56.3 Å². The zero-order valence-corrected chi connectivity index (χ0v) is 17.4. The second-order valence-corrected chi connectivity index (χ2v) is 7.74. The molecule has 0 aliphatic carbocycles. The van der Waals surface area contributed by atoms with E-state index >= 15 is 0 Å². The average molecular weight is 432 g/mol. The third-order valence-corrected chi connectivity index (χ3v) is 5.74. The van der Waals surface area contributed by atoms with E-state index in [1.54, 1.807) is 29.0 Å². The van der Waals surface area contributed by atoms with Crippen molar-refractivity contribution < 1.29 is 14.3 Å². The van der Waals surface area contributed by atoms with Crippen molar-refractivity contribution in [1.29, 1.82) is 0 Å². The number of nitrogens with one attached hydrogen (secondary N) is 1. The number of aromatic carboxylic acids is 1. The van der Waals surface area contributed by atoms with Gasteiger partial charge >= 0.3 is 5.97 Å². The van der Waals surface area contributed by atoms with E-state index in [0.29, 0.717) is 28.0 Å². The van der Waals surface area contributed by atoms with Crippen LogP contribution in [0.2, 0.25) is 0 Å². The highest BCUT2D eigenvalue weighted by atomic mass is 19.1. The number of halogens is 1. The third kappa shape index (κ3) is 3.36. The number of nitrogens with zero attached hydrogens (tertiary/aromatic N) is 5. The summed E-state index contributed by atoms with van der Waals surface area (Å²) >= 11 is 0. The van der Waals surface area contributed by atoms with Gasteiger partial charge in [0.25, 0.3) is 0 Å². The van der Waals surface area contributed by atoms with Crippen molar-refractivity contribution in [3.8, 4) is 16.9 Å². The Bertz CT molecular complexity index is 1320. The first-order valence-electron chi connectivity index (χ1n) is 10.3. The molecule has 8 nitrogen and oxygen atoms in total. The Hall–Kier alpha value is -3.85. The molecule has 0 radical (unpaired) electrons.